The second-order valence-electron chi connectivity index (χ2n) is 5.38. The highest BCUT2D eigenvalue weighted by molar-refractivity contribution is 5.95. The molecule has 0 aromatic heterocycles. The van der Waals surface area contributed by atoms with Crippen molar-refractivity contribution in [3.05, 3.63) is 0 Å². The second-order valence-corrected chi connectivity index (χ2v) is 5.38. The lowest BCUT2D eigenvalue weighted by atomic mass is 10.2. The molecular formula is C13H24N4O2. The molecule has 3 amide bonds. The molecule has 2 fully saturated rings. The van der Waals surface area contributed by atoms with Crippen molar-refractivity contribution in [2.45, 2.75) is 31.7 Å². The zero-order valence-corrected chi connectivity index (χ0v) is 11.7. The van der Waals surface area contributed by atoms with E-state index in [4.69, 9.17) is 0 Å². The summed E-state index contributed by atoms with van der Waals surface area (Å²) in [6, 6.07) is 0.330. The minimum atomic E-state index is -0.436. The predicted molar refractivity (Wildman–Crippen MR) is 72.9 cm³/mol. The number of hydrogen-bond donors (Lipinski definition) is 2. The summed E-state index contributed by atoms with van der Waals surface area (Å²) in [6.07, 6.45) is 5.38. The average Bonchev–Trinajstić information content (AvgIpc) is 2.93. The molecule has 0 spiro atoms. The summed E-state index contributed by atoms with van der Waals surface area (Å²) < 4.78 is 0. The van der Waals surface area contributed by atoms with Crippen LogP contribution < -0.4 is 10.6 Å². The van der Waals surface area contributed by atoms with Gasteiger partial charge in [0, 0.05) is 39.3 Å². The predicted octanol–water partition coefficient (Wildman–Crippen LogP) is 0.00220. The first-order valence-electron chi connectivity index (χ1n) is 7.17. The number of nitrogens with one attached hydrogen (secondary N) is 2. The first kappa shape index (κ1) is 14.3. The van der Waals surface area contributed by atoms with Gasteiger partial charge in [0.05, 0.1) is 6.54 Å². The molecule has 108 valence electrons. The maximum absolute atomic E-state index is 11.6. The van der Waals surface area contributed by atoms with Gasteiger partial charge in [-0.05, 0) is 12.8 Å². The van der Waals surface area contributed by atoms with Gasteiger partial charge < -0.3 is 5.32 Å². The number of rotatable bonds is 3. The van der Waals surface area contributed by atoms with Crippen LogP contribution in [0, 0.1) is 0 Å². The summed E-state index contributed by atoms with van der Waals surface area (Å²) in [6.45, 7) is 4.22. The van der Waals surface area contributed by atoms with Crippen LogP contribution >= 0.6 is 0 Å². The maximum Gasteiger partial charge on any atom is 0.321 e. The number of carbonyl (C=O) groups is 2. The van der Waals surface area contributed by atoms with E-state index in [0.29, 0.717) is 6.54 Å². The van der Waals surface area contributed by atoms with Crippen LogP contribution in [-0.4, -0.2) is 67.6 Å². The fourth-order valence-corrected chi connectivity index (χ4v) is 2.99. The molecule has 0 atom stereocenters. The fourth-order valence-electron chi connectivity index (χ4n) is 2.99. The van der Waals surface area contributed by atoms with Crippen LogP contribution in [0.1, 0.15) is 25.7 Å². The molecule has 0 bridgehead atoms. The van der Waals surface area contributed by atoms with Crippen molar-refractivity contribution in [2.24, 2.45) is 0 Å². The van der Waals surface area contributed by atoms with Crippen LogP contribution in [0.25, 0.3) is 0 Å². The van der Waals surface area contributed by atoms with Gasteiger partial charge in [0.2, 0.25) is 5.91 Å². The number of amides is 3. The molecule has 0 unspecified atom stereocenters. The van der Waals surface area contributed by atoms with Crippen LogP contribution in [0.3, 0.4) is 0 Å². The Labute approximate surface area is 114 Å². The van der Waals surface area contributed by atoms with Gasteiger partial charge in [0.1, 0.15) is 0 Å². The number of nitrogens with zero attached hydrogens (tertiary/aromatic N) is 2. The van der Waals surface area contributed by atoms with Gasteiger partial charge >= 0.3 is 6.03 Å². The van der Waals surface area contributed by atoms with Crippen molar-refractivity contribution in [3.8, 4) is 0 Å². The van der Waals surface area contributed by atoms with Crippen molar-refractivity contribution in [1.82, 2.24) is 20.4 Å². The highest BCUT2D eigenvalue weighted by Gasteiger charge is 2.26. The molecule has 6 nitrogen and oxygen atoms in total. The topological polar surface area (TPSA) is 64.7 Å². The van der Waals surface area contributed by atoms with Crippen LogP contribution in [0.15, 0.2) is 0 Å². The molecule has 19 heavy (non-hydrogen) atoms. The Morgan fingerprint density at radius 2 is 1.74 bits per heavy atom. The van der Waals surface area contributed by atoms with E-state index in [2.05, 4.69) is 20.4 Å². The second kappa shape index (κ2) is 6.86. The minimum absolute atomic E-state index is 0.228. The summed E-state index contributed by atoms with van der Waals surface area (Å²) >= 11 is 0. The summed E-state index contributed by atoms with van der Waals surface area (Å²) in [7, 11) is 1.50. The molecule has 0 aromatic rings. The number of hydrogen-bond acceptors (Lipinski definition) is 4. The fraction of sp³-hybridized carbons (Fsp3) is 0.846. The molecule has 0 aromatic carbocycles. The number of imide groups is 1. The largest absolute Gasteiger partial charge is 0.341 e. The number of carbonyl (C=O) groups excluding carboxylic acids is 2. The van der Waals surface area contributed by atoms with E-state index in [1.165, 1.54) is 32.7 Å². The van der Waals surface area contributed by atoms with Gasteiger partial charge in [0.25, 0.3) is 0 Å². The first-order chi connectivity index (χ1) is 9.19. The standard InChI is InChI=1S/C13H24N4O2/c1-14-13(19)15-12(18)10-16-6-8-17(9-7-16)11-4-2-3-5-11/h11H,2-10H2,1H3,(H2,14,15,18,19). The van der Waals surface area contributed by atoms with Gasteiger partial charge in [-0.15, -0.1) is 0 Å². The van der Waals surface area contributed by atoms with Gasteiger partial charge in [-0.2, -0.15) is 0 Å². The Kier molecular flexibility index (Phi) is 5.15. The molecular weight excluding hydrogens is 244 g/mol. The quantitative estimate of drug-likeness (QED) is 0.756. The van der Waals surface area contributed by atoms with Crippen molar-refractivity contribution in [1.29, 1.82) is 0 Å². The first-order valence-corrected chi connectivity index (χ1v) is 7.17. The van der Waals surface area contributed by atoms with Crippen LogP contribution in [-0.2, 0) is 4.79 Å². The summed E-state index contributed by atoms with van der Waals surface area (Å²) in [4.78, 5) is 27.3. The van der Waals surface area contributed by atoms with E-state index in [1.807, 2.05) is 0 Å². The third-order valence-electron chi connectivity index (χ3n) is 4.10. The molecule has 0 radical (unpaired) electrons. The normalized spacial score (nSPS) is 22.4. The molecule has 2 aliphatic rings. The SMILES string of the molecule is CNC(=O)NC(=O)CN1CCN(C2CCCC2)CC1. The monoisotopic (exact) mass is 268 g/mol. The summed E-state index contributed by atoms with van der Waals surface area (Å²) in [5.41, 5.74) is 0. The number of urea groups is 1. The van der Waals surface area contributed by atoms with E-state index < -0.39 is 6.03 Å². The summed E-state index contributed by atoms with van der Waals surface area (Å²) in [5.74, 6) is -0.228. The third-order valence-corrected chi connectivity index (χ3v) is 4.10. The molecule has 1 heterocycles. The minimum Gasteiger partial charge on any atom is -0.341 e. The summed E-state index contributed by atoms with van der Waals surface area (Å²) in [5, 5.41) is 4.68. The Morgan fingerprint density at radius 1 is 1.11 bits per heavy atom. The molecule has 2 rings (SSSR count). The van der Waals surface area contributed by atoms with Crippen LogP contribution in [0.2, 0.25) is 0 Å². The highest BCUT2D eigenvalue weighted by atomic mass is 16.2. The van der Waals surface area contributed by atoms with E-state index in [1.54, 1.807) is 0 Å². The van der Waals surface area contributed by atoms with Gasteiger partial charge in [-0.1, -0.05) is 12.8 Å². The Bertz CT molecular complexity index is 321. The van der Waals surface area contributed by atoms with E-state index in [9.17, 15) is 9.59 Å². The van der Waals surface area contributed by atoms with Gasteiger partial charge in [-0.3, -0.25) is 19.9 Å². The van der Waals surface area contributed by atoms with Gasteiger partial charge in [-0.25, -0.2) is 4.79 Å². The lowest BCUT2D eigenvalue weighted by Gasteiger charge is -2.37. The van der Waals surface area contributed by atoms with Crippen molar-refractivity contribution in [3.63, 3.8) is 0 Å². The Hall–Kier alpha value is -1.14. The number of piperazine rings is 1. The average molecular weight is 268 g/mol. The Balaban J connectivity index is 1.68. The lowest BCUT2D eigenvalue weighted by Crippen LogP contribution is -2.52. The van der Waals surface area contributed by atoms with Gasteiger partial charge in [0.15, 0.2) is 0 Å². The van der Waals surface area contributed by atoms with Crippen molar-refractivity contribution >= 4 is 11.9 Å². The highest BCUT2D eigenvalue weighted by Crippen LogP contribution is 2.24. The molecule has 1 saturated carbocycles. The smallest absolute Gasteiger partial charge is 0.321 e. The van der Waals surface area contributed by atoms with Crippen LogP contribution in [0.4, 0.5) is 4.79 Å². The van der Waals surface area contributed by atoms with E-state index in [-0.39, 0.29) is 5.91 Å². The molecule has 6 heteroatoms. The third kappa shape index (κ3) is 4.18. The van der Waals surface area contributed by atoms with Crippen molar-refractivity contribution < 1.29 is 9.59 Å². The van der Waals surface area contributed by atoms with Crippen molar-refractivity contribution in [2.75, 3.05) is 39.8 Å². The Morgan fingerprint density at radius 3 is 2.32 bits per heavy atom. The lowest BCUT2D eigenvalue weighted by molar-refractivity contribution is -0.121. The zero-order chi connectivity index (χ0) is 13.7. The van der Waals surface area contributed by atoms with E-state index in [0.717, 1.165) is 32.2 Å². The molecule has 1 aliphatic heterocycles. The zero-order valence-electron chi connectivity index (χ0n) is 11.7. The molecule has 1 aliphatic carbocycles. The van der Waals surface area contributed by atoms with E-state index >= 15 is 0 Å². The molecule has 1 saturated heterocycles. The maximum atomic E-state index is 11.6. The molecule has 2 N–H and O–H groups in total. The van der Waals surface area contributed by atoms with Crippen LogP contribution in [0.5, 0.6) is 0 Å².